The molecule has 1 heterocycles. The van der Waals surface area contributed by atoms with Crippen molar-refractivity contribution in [2.75, 3.05) is 10.2 Å². The van der Waals surface area contributed by atoms with E-state index in [1.165, 1.54) is 17.0 Å². The lowest BCUT2D eigenvalue weighted by Gasteiger charge is -2.37. The van der Waals surface area contributed by atoms with Crippen molar-refractivity contribution in [3.05, 3.63) is 106 Å². The van der Waals surface area contributed by atoms with Crippen LogP contribution >= 0.6 is 11.6 Å². The minimum atomic E-state index is -1.02. The molecule has 0 radical (unpaired) electrons. The molecule has 1 amide bonds. The molecule has 34 heavy (non-hydrogen) atoms. The number of hydrogen-bond donors (Lipinski definition) is 1. The zero-order valence-corrected chi connectivity index (χ0v) is 19.7. The van der Waals surface area contributed by atoms with E-state index in [4.69, 9.17) is 11.6 Å². The second-order valence-corrected chi connectivity index (χ2v) is 9.96. The van der Waals surface area contributed by atoms with Crippen LogP contribution in [-0.2, 0) is 4.79 Å². The molecule has 1 aliphatic heterocycles. The van der Waals surface area contributed by atoms with Gasteiger partial charge in [0, 0.05) is 33.8 Å². The molecular weight excluding hydrogens is 451 g/mol. The van der Waals surface area contributed by atoms with Gasteiger partial charge in [0.25, 0.3) is 5.91 Å². The number of rotatable bonds is 2. The Kier molecular flexibility index (Phi) is 5.53. The predicted octanol–water partition coefficient (Wildman–Crippen LogP) is 6.94. The van der Waals surface area contributed by atoms with Crippen LogP contribution in [0.5, 0.6) is 0 Å². The molecule has 3 aromatic rings. The Hall–Kier alpha value is -3.44. The van der Waals surface area contributed by atoms with E-state index in [1.807, 2.05) is 38.1 Å². The van der Waals surface area contributed by atoms with Gasteiger partial charge in [-0.2, -0.15) is 0 Å². The molecule has 3 aromatic carbocycles. The van der Waals surface area contributed by atoms with Gasteiger partial charge < -0.3 is 5.32 Å². The normalized spacial score (nSPS) is 19.1. The molecule has 1 atom stereocenters. The van der Waals surface area contributed by atoms with Crippen LogP contribution in [0.3, 0.4) is 0 Å². The highest BCUT2D eigenvalue weighted by molar-refractivity contribution is 6.31. The fourth-order valence-electron chi connectivity index (χ4n) is 4.98. The van der Waals surface area contributed by atoms with Crippen LogP contribution in [-0.4, -0.2) is 11.7 Å². The Labute approximate surface area is 203 Å². The summed E-state index contributed by atoms with van der Waals surface area (Å²) in [4.78, 5) is 29.2. The number of anilines is 2. The number of carbonyl (C=O) groups excluding carboxylic acids is 2. The molecule has 0 spiro atoms. The first-order valence-corrected chi connectivity index (χ1v) is 11.6. The molecule has 1 unspecified atom stereocenters. The summed E-state index contributed by atoms with van der Waals surface area (Å²) in [5.74, 6) is -1.03. The number of fused-ring (bicyclic) bond motifs is 1. The lowest BCUT2D eigenvalue weighted by Crippen LogP contribution is -2.40. The molecule has 172 valence electrons. The molecular formula is C28H24ClFN2O2. The van der Waals surface area contributed by atoms with Crippen molar-refractivity contribution in [3.63, 3.8) is 0 Å². The van der Waals surface area contributed by atoms with Gasteiger partial charge in [0.15, 0.2) is 5.78 Å². The van der Waals surface area contributed by atoms with Crippen LogP contribution in [0.25, 0.3) is 0 Å². The Morgan fingerprint density at radius 2 is 1.71 bits per heavy atom. The third-order valence-electron chi connectivity index (χ3n) is 6.41. The summed E-state index contributed by atoms with van der Waals surface area (Å²) >= 11 is 6.56. The fraction of sp³-hybridized carbons (Fsp3) is 0.214. The van der Waals surface area contributed by atoms with Crippen LogP contribution in [0, 0.1) is 11.2 Å². The Morgan fingerprint density at radius 3 is 2.44 bits per heavy atom. The van der Waals surface area contributed by atoms with Gasteiger partial charge in [-0.1, -0.05) is 61.8 Å². The maximum Gasteiger partial charge on any atom is 0.259 e. The first-order chi connectivity index (χ1) is 16.3. The standard InChI is InChI=1S/C28H24ClFN2O2/c1-28(2)15-21-25(23(33)16-28)26(24-18(29)11-8-12-19(24)30)32(22-14-7-6-13-20(22)31-21)27(34)17-9-4-3-5-10-17/h3-14,26,31H,15-16H2,1-2H3. The molecule has 0 aromatic heterocycles. The average molecular weight is 475 g/mol. The highest BCUT2D eigenvalue weighted by Gasteiger charge is 2.44. The van der Waals surface area contributed by atoms with Crippen molar-refractivity contribution in [3.8, 4) is 0 Å². The highest BCUT2D eigenvalue weighted by atomic mass is 35.5. The van der Waals surface area contributed by atoms with E-state index in [0.29, 0.717) is 41.1 Å². The number of nitrogens with one attached hydrogen (secondary N) is 1. The average Bonchev–Trinajstić information content (AvgIpc) is 2.92. The highest BCUT2D eigenvalue weighted by Crippen LogP contribution is 2.50. The maximum atomic E-state index is 15.4. The van der Waals surface area contributed by atoms with Crippen LogP contribution in [0.1, 0.15) is 48.7 Å². The van der Waals surface area contributed by atoms with E-state index >= 15 is 4.39 Å². The summed E-state index contributed by atoms with van der Waals surface area (Å²) in [5, 5.41) is 3.59. The number of Topliss-reactive ketones (excluding diaryl/α,β-unsaturated/α-hetero) is 1. The van der Waals surface area contributed by atoms with Crippen molar-refractivity contribution in [2.24, 2.45) is 5.41 Å². The minimum Gasteiger partial charge on any atom is -0.357 e. The quantitative estimate of drug-likeness (QED) is 0.437. The Morgan fingerprint density at radius 1 is 1.00 bits per heavy atom. The lowest BCUT2D eigenvalue weighted by molar-refractivity contribution is -0.118. The summed E-state index contributed by atoms with van der Waals surface area (Å²) in [6.07, 6.45) is 0.873. The van der Waals surface area contributed by atoms with E-state index in [9.17, 15) is 9.59 Å². The molecule has 0 saturated carbocycles. The zero-order valence-electron chi connectivity index (χ0n) is 18.9. The van der Waals surface area contributed by atoms with Gasteiger partial charge in [-0.15, -0.1) is 0 Å². The van der Waals surface area contributed by atoms with Crippen molar-refractivity contribution in [1.82, 2.24) is 0 Å². The largest absolute Gasteiger partial charge is 0.357 e. The summed E-state index contributed by atoms with van der Waals surface area (Å²) < 4.78 is 15.4. The summed E-state index contributed by atoms with van der Waals surface area (Å²) in [5.41, 5.74) is 2.59. The van der Waals surface area contributed by atoms with Gasteiger partial charge in [0.1, 0.15) is 5.82 Å². The van der Waals surface area contributed by atoms with Crippen molar-refractivity contribution < 1.29 is 14.0 Å². The number of halogens is 2. The predicted molar refractivity (Wildman–Crippen MR) is 133 cm³/mol. The van der Waals surface area contributed by atoms with Gasteiger partial charge in [0.2, 0.25) is 0 Å². The summed E-state index contributed by atoms with van der Waals surface area (Å²) in [6.45, 7) is 4.07. The summed E-state index contributed by atoms with van der Waals surface area (Å²) in [6, 6.07) is 19.6. The van der Waals surface area contributed by atoms with Gasteiger partial charge in [-0.25, -0.2) is 4.39 Å². The van der Waals surface area contributed by atoms with E-state index in [2.05, 4.69) is 5.32 Å². The number of carbonyl (C=O) groups is 2. The topological polar surface area (TPSA) is 49.4 Å². The van der Waals surface area contributed by atoms with E-state index in [1.54, 1.807) is 36.4 Å². The number of nitrogens with zero attached hydrogens (tertiary/aromatic N) is 1. The molecule has 5 rings (SSSR count). The Balaban J connectivity index is 1.84. The SMILES string of the molecule is CC1(C)CC(=O)C2=C(C1)Nc1ccccc1N(C(=O)c1ccccc1)C2c1c(F)cccc1Cl. The van der Waals surface area contributed by atoms with Gasteiger partial charge in [-0.05, 0) is 48.2 Å². The molecule has 1 aliphatic carbocycles. The Bertz CT molecular complexity index is 1310. The van der Waals surface area contributed by atoms with Crippen molar-refractivity contribution in [1.29, 1.82) is 0 Å². The smallest absolute Gasteiger partial charge is 0.259 e. The maximum absolute atomic E-state index is 15.4. The monoisotopic (exact) mass is 474 g/mol. The summed E-state index contributed by atoms with van der Waals surface area (Å²) in [7, 11) is 0. The number of para-hydroxylation sites is 2. The van der Waals surface area contributed by atoms with Crippen molar-refractivity contribution in [2.45, 2.75) is 32.7 Å². The molecule has 6 heteroatoms. The third-order valence-corrected chi connectivity index (χ3v) is 6.74. The molecule has 4 nitrogen and oxygen atoms in total. The lowest BCUT2D eigenvalue weighted by atomic mass is 9.73. The molecule has 2 aliphatic rings. The van der Waals surface area contributed by atoms with Crippen LogP contribution in [0.15, 0.2) is 84.1 Å². The van der Waals surface area contributed by atoms with Crippen LogP contribution in [0.4, 0.5) is 15.8 Å². The number of ketones is 1. The molecule has 0 saturated heterocycles. The van der Waals surface area contributed by atoms with Gasteiger partial charge in [-0.3, -0.25) is 14.5 Å². The number of benzene rings is 3. The third kappa shape index (κ3) is 3.80. The second kappa shape index (κ2) is 8.41. The number of hydrogen-bond acceptors (Lipinski definition) is 3. The van der Waals surface area contributed by atoms with Crippen LogP contribution in [0.2, 0.25) is 5.02 Å². The van der Waals surface area contributed by atoms with Crippen LogP contribution < -0.4 is 10.2 Å². The second-order valence-electron chi connectivity index (χ2n) is 9.55. The first-order valence-electron chi connectivity index (χ1n) is 11.2. The molecule has 1 N–H and O–H groups in total. The first kappa shape index (κ1) is 22.4. The van der Waals surface area contributed by atoms with E-state index in [-0.39, 0.29) is 27.7 Å². The fourth-order valence-corrected chi connectivity index (χ4v) is 5.24. The molecule has 0 bridgehead atoms. The zero-order chi connectivity index (χ0) is 24.0. The van der Waals surface area contributed by atoms with Crippen molar-refractivity contribution >= 4 is 34.7 Å². The van der Waals surface area contributed by atoms with Gasteiger partial charge >= 0.3 is 0 Å². The molecule has 0 fully saturated rings. The number of amides is 1. The van der Waals surface area contributed by atoms with E-state index < -0.39 is 11.9 Å². The van der Waals surface area contributed by atoms with Gasteiger partial charge in [0.05, 0.1) is 17.4 Å². The number of allylic oxidation sites excluding steroid dienone is 1. The van der Waals surface area contributed by atoms with E-state index in [0.717, 1.165) is 0 Å². The minimum absolute atomic E-state index is 0.118.